The number of methoxy groups -OCH3 is 1. The number of hydrogen-bond acceptors (Lipinski definition) is 3. The van der Waals surface area contributed by atoms with Crippen LogP contribution >= 0.6 is 0 Å². The van der Waals surface area contributed by atoms with Crippen LogP contribution in [-0.4, -0.2) is 36.7 Å². The maximum Gasteiger partial charge on any atom is 0.165 e. The first-order chi connectivity index (χ1) is 10.1. The second-order valence-corrected chi connectivity index (χ2v) is 6.49. The first-order valence-electron chi connectivity index (χ1n) is 7.93. The van der Waals surface area contributed by atoms with Gasteiger partial charge < -0.3 is 10.1 Å². The Hall–Kier alpha value is -1.13. The molecular formula is C17H25FN2O. The minimum atomic E-state index is -0.289. The molecule has 1 aromatic rings. The van der Waals surface area contributed by atoms with Crippen LogP contribution in [0, 0.1) is 5.82 Å². The van der Waals surface area contributed by atoms with Gasteiger partial charge in [-0.25, -0.2) is 4.39 Å². The highest BCUT2D eigenvalue weighted by atomic mass is 19.1. The summed E-state index contributed by atoms with van der Waals surface area (Å²) in [4.78, 5) is 2.62. The molecule has 0 amide bonds. The maximum atomic E-state index is 13.8. The molecule has 0 spiro atoms. The van der Waals surface area contributed by atoms with Gasteiger partial charge in [-0.2, -0.15) is 0 Å². The molecule has 0 bridgehead atoms. The van der Waals surface area contributed by atoms with Crippen LogP contribution in [-0.2, 0) is 0 Å². The quantitative estimate of drug-likeness (QED) is 0.902. The number of nitrogens with one attached hydrogen (secondary N) is 1. The summed E-state index contributed by atoms with van der Waals surface area (Å²) in [5, 5.41) is 3.65. The van der Waals surface area contributed by atoms with Crippen molar-refractivity contribution in [3.8, 4) is 5.75 Å². The van der Waals surface area contributed by atoms with Crippen molar-refractivity contribution in [3.63, 3.8) is 0 Å². The lowest BCUT2D eigenvalue weighted by atomic mass is 10.1. The van der Waals surface area contributed by atoms with E-state index in [1.807, 2.05) is 6.07 Å². The molecule has 1 N–H and O–H groups in total. The van der Waals surface area contributed by atoms with E-state index >= 15 is 0 Å². The standard InChI is InChI=1S/C17H25FN2O/c1-11-8-14(10-20(11)15-5-6-15)19-12(2)13-4-7-17(21-3)16(18)9-13/h4,7,9,11-12,14-15,19H,5-6,8,10H2,1-3H3. The van der Waals surface area contributed by atoms with Crippen LogP contribution in [0.3, 0.4) is 0 Å². The van der Waals surface area contributed by atoms with Crippen LogP contribution in [0.4, 0.5) is 4.39 Å². The molecule has 2 aliphatic rings. The van der Waals surface area contributed by atoms with Crippen molar-refractivity contribution in [2.24, 2.45) is 0 Å². The summed E-state index contributed by atoms with van der Waals surface area (Å²) in [5.41, 5.74) is 0.978. The van der Waals surface area contributed by atoms with Crippen LogP contribution < -0.4 is 10.1 Å². The summed E-state index contributed by atoms with van der Waals surface area (Å²) < 4.78 is 18.8. The smallest absolute Gasteiger partial charge is 0.165 e. The molecule has 1 saturated heterocycles. The zero-order chi connectivity index (χ0) is 15.0. The van der Waals surface area contributed by atoms with E-state index in [2.05, 4.69) is 24.1 Å². The van der Waals surface area contributed by atoms with E-state index in [0.29, 0.717) is 17.8 Å². The van der Waals surface area contributed by atoms with Crippen LogP contribution in [0.1, 0.15) is 44.7 Å². The molecular weight excluding hydrogens is 267 g/mol. The molecule has 1 aliphatic carbocycles. The van der Waals surface area contributed by atoms with Gasteiger partial charge in [-0.1, -0.05) is 6.07 Å². The van der Waals surface area contributed by atoms with Gasteiger partial charge in [-0.05, 0) is 50.8 Å². The highest BCUT2D eigenvalue weighted by Gasteiger charge is 2.38. The van der Waals surface area contributed by atoms with E-state index in [1.54, 1.807) is 12.1 Å². The number of halogens is 1. The number of hydrogen-bond donors (Lipinski definition) is 1. The molecule has 1 aromatic carbocycles. The summed E-state index contributed by atoms with van der Waals surface area (Å²) in [6.45, 7) is 5.54. The molecule has 3 atom stereocenters. The van der Waals surface area contributed by atoms with Crippen molar-refractivity contribution in [3.05, 3.63) is 29.6 Å². The molecule has 0 aromatic heterocycles. The van der Waals surface area contributed by atoms with Crippen molar-refractivity contribution in [2.75, 3.05) is 13.7 Å². The zero-order valence-corrected chi connectivity index (χ0v) is 13.1. The van der Waals surface area contributed by atoms with E-state index in [4.69, 9.17) is 4.74 Å². The van der Waals surface area contributed by atoms with Crippen LogP contribution in [0.2, 0.25) is 0 Å². The third kappa shape index (κ3) is 3.22. The predicted molar refractivity (Wildman–Crippen MR) is 82.1 cm³/mol. The Kier molecular flexibility index (Phi) is 4.18. The Morgan fingerprint density at radius 3 is 2.76 bits per heavy atom. The van der Waals surface area contributed by atoms with Crippen LogP contribution in [0.5, 0.6) is 5.75 Å². The monoisotopic (exact) mass is 292 g/mol. The van der Waals surface area contributed by atoms with Crippen molar-refractivity contribution in [1.82, 2.24) is 10.2 Å². The Bertz CT molecular complexity index is 504. The molecule has 21 heavy (non-hydrogen) atoms. The van der Waals surface area contributed by atoms with E-state index in [9.17, 15) is 4.39 Å². The molecule has 3 nitrogen and oxygen atoms in total. The van der Waals surface area contributed by atoms with Crippen molar-refractivity contribution < 1.29 is 9.13 Å². The van der Waals surface area contributed by atoms with Gasteiger partial charge in [0.2, 0.25) is 0 Å². The SMILES string of the molecule is COc1ccc(C(C)NC2CC(C)N(C3CC3)C2)cc1F. The molecule has 3 unspecified atom stereocenters. The molecule has 1 heterocycles. The van der Waals surface area contributed by atoms with E-state index in [1.165, 1.54) is 26.4 Å². The van der Waals surface area contributed by atoms with E-state index < -0.39 is 0 Å². The Morgan fingerprint density at radius 1 is 1.38 bits per heavy atom. The van der Waals surface area contributed by atoms with Gasteiger partial charge in [0.05, 0.1) is 7.11 Å². The molecule has 1 aliphatic heterocycles. The number of benzene rings is 1. The number of rotatable bonds is 5. The van der Waals surface area contributed by atoms with Gasteiger partial charge in [0, 0.05) is 30.7 Å². The lowest BCUT2D eigenvalue weighted by Gasteiger charge is -2.21. The number of likely N-dealkylation sites (tertiary alicyclic amines) is 1. The maximum absolute atomic E-state index is 13.8. The fourth-order valence-corrected chi connectivity index (χ4v) is 3.49. The zero-order valence-electron chi connectivity index (χ0n) is 13.1. The van der Waals surface area contributed by atoms with Crippen molar-refractivity contribution >= 4 is 0 Å². The second kappa shape index (κ2) is 5.93. The summed E-state index contributed by atoms with van der Waals surface area (Å²) in [5.74, 6) is 0.0170. The first kappa shape index (κ1) is 14.8. The fraction of sp³-hybridized carbons (Fsp3) is 0.647. The van der Waals surface area contributed by atoms with Gasteiger partial charge in [0.15, 0.2) is 11.6 Å². The normalized spacial score (nSPS) is 27.8. The van der Waals surface area contributed by atoms with E-state index in [0.717, 1.165) is 18.2 Å². The van der Waals surface area contributed by atoms with Crippen LogP contribution in [0.15, 0.2) is 18.2 Å². The summed E-state index contributed by atoms with van der Waals surface area (Å²) in [6, 6.07) is 7.36. The molecule has 3 rings (SSSR count). The van der Waals surface area contributed by atoms with Gasteiger partial charge in [-0.3, -0.25) is 4.90 Å². The second-order valence-electron chi connectivity index (χ2n) is 6.49. The highest BCUT2D eigenvalue weighted by Crippen LogP contribution is 2.34. The number of nitrogens with zero attached hydrogens (tertiary/aromatic N) is 1. The van der Waals surface area contributed by atoms with Gasteiger partial charge >= 0.3 is 0 Å². The van der Waals surface area contributed by atoms with Crippen LogP contribution in [0.25, 0.3) is 0 Å². The molecule has 0 radical (unpaired) electrons. The third-order valence-corrected chi connectivity index (χ3v) is 4.80. The Labute approximate surface area is 126 Å². The third-order valence-electron chi connectivity index (χ3n) is 4.80. The largest absolute Gasteiger partial charge is 0.494 e. The van der Waals surface area contributed by atoms with Gasteiger partial charge in [-0.15, -0.1) is 0 Å². The lowest BCUT2D eigenvalue weighted by Crippen LogP contribution is -2.35. The lowest BCUT2D eigenvalue weighted by molar-refractivity contribution is 0.254. The summed E-state index contributed by atoms with van der Waals surface area (Å²) in [7, 11) is 1.49. The van der Waals surface area contributed by atoms with Gasteiger partial charge in [0.25, 0.3) is 0 Å². The molecule has 116 valence electrons. The highest BCUT2D eigenvalue weighted by molar-refractivity contribution is 5.30. The average Bonchev–Trinajstić information content (AvgIpc) is 3.23. The first-order valence-corrected chi connectivity index (χ1v) is 7.93. The topological polar surface area (TPSA) is 24.5 Å². The molecule has 2 fully saturated rings. The van der Waals surface area contributed by atoms with Crippen molar-refractivity contribution in [1.29, 1.82) is 0 Å². The molecule has 4 heteroatoms. The average molecular weight is 292 g/mol. The summed E-state index contributed by atoms with van der Waals surface area (Å²) in [6.07, 6.45) is 3.89. The minimum Gasteiger partial charge on any atom is -0.494 e. The van der Waals surface area contributed by atoms with Crippen molar-refractivity contribution in [2.45, 2.75) is 57.3 Å². The fourth-order valence-electron chi connectivity index (χ4n) is 3.49. The summed E-state index contributed by atoms with van der Waals surface area (Å²) >= 11 is 0. The Morgan fingerprint density at radius 2 is 2.14 bits per heavy atom. The number of ether oxygens (including phenoxy) is 1. The Balaban J connectivity index is 1.61. The van der Waals surface area contributed by atoms with E-state index in [-0.39, 0.29) is 11.9 Å². The molecule has 1 saturated carbocycles. The van der Waals surface area contributed by atoms with Gasteiger partial charge in [0.1, 0.15) is 0 Å². The predicted octanol–water partition coefficient (Wildman–Crippen LogP) is 3.11. The minimum absolute atomic E-state index is 0.154.